The van der Waals surface area contributed by atoms with Gasteiger partial charge in [0, 0.05) is 19.4 Å². The van der Waals surface area contributed by atoms with Gasteiger partial charge < -0.3 is 9.88 Å². The van der Waals surface area contributed by atoms with Gasteiger partial charge in [0.25, 0.3) is 0 Å². The Balaban J connectivity index is 2.33. The molecule has 2 rings (SSSR count). The van der Waals surface area contributed by atoms with Gasteiger partial charge in [-0.15, -0.1) is 0 Å². The number of aromatic nitrogens is 3. The molecule has 1 N–H and O–H groups in total. The highest BCUT2D eigenvalue weighted by Crippen LogP contribution is 2.08. The topological polar surface area (TPSA) is 42.7 Å². The Bertz CT molecular complexity index is 363. The van der Waals surface area contributed by atoms with Crippen LogP contribution in [-0.2, 0) is 0 Å². The van der Waals surface area contributed by atoms with Crippen LogP contribution in [0.4, 0.5) is 5.82 Å². The Hall–Kier alpha value is -1.84. The van der Waals surface area contributed by atoms with Crippen LogP contribution < -0.4 is 5.32 Å². The van der Waals surface area contributed by atoms with Crippen LogP contribution in [0.3, 0.4) is 0 Å². The van der Waals surface area contributed by atoms with E-state index in [1.54, 1.807) is 18.7 Å². The summed E-state index contributed by atoms with van der Waals surface area (Å²) in [6, 6.07) is 3.91. The van der Waals surface area contributed by atoms with Gasteiger partial charge >= 0.3 is 0 Å². The van der Waals surface area contributed by atoms with E-state index in [1.807, 2.05) is 29.9 Å². The molecule has 0 aromatic carbocycles. The number of rotatable bonds is 2. The minimum absolute atomic E-state index is 0.865. The minimum atomic E-state index is 0.865. The van der Waals surface area contributed by atoms with Gasteiger partial charge in [-0.3, -0.25) is 0 Å². The Labute approximate surface area is 76.3 Å². The molecule has 0 atom stereocenters. The molecular formula is C9H10N4. The van der Waals surface area contributed by atoms with Crippen molar-refractivity contribution in [2.45, 2.75) is 0 Å². The fourth-order valence-corrected chi connectivity index (χ4v) is 1.10. The molecule has 0 radical (unpaired) electrons. The average Bonchev–Trinajstić information content (AvgIpc) is 2.71. The van der Waals surface area contributed by atoms with Crippen LogP contribution >= 0.6 is 0 Å². The van der Waals surface area contributed by atoms with Gasteiger partial charge in [0.05, 0.1) is 18.2 Å². The second-order valence-corrected chi connectivity index (χ2v) is 2.62. The molecule has 13 heavy (non-hydrogen) atoms. The van der Waals surface area contributed by atoms with E-state index in [2.05, 4.69) is 15.3 Å². The standard InChI is InChI=1S/C9H10N4/c1-10-9-3-2-8(6-12-9)13-5-4-11-7-13/h2-7H,1H3,(H,10,12). The van der Waals surface area contributed by atoms with Crippen LogP contribution in [0.1, 0.15) is 0 Å². The highest BCUT2D eigenvalue weighted by molar-refractivity contribution is 5.39. The number of hydrogen-bond donors (Lipinski definition) is 1. The lowest BCUT2D eigenvalue weighted by Gasteiger charge is -2.02. The van der Waals surface area contributed by atoms with E-state index < -0.39 is 0 Å². The van der Waals surface area contributed by atoms with Crippen molar-refractivity contribution < 1.29 is 0 Å². The van der Waals surface area contributed by atoms with Crippen molar-refractivity contribution in [2.24, 2.45) is 0 Å². The highest BCUT2D eigenvalue weighted by Gasteiger charge is 1.94. The molecule has 4 nitrogen and oxygen atoms in total. The second kappa shape index (κ2) is 3.26. The number of hydrogen-bond acceptors (Lipinski definition) is 3. The van der Waals surface area contributed by atoms with Crippen molar-refractivity contribution in [3.63, 3.8) is 0 Å². The lowest BCUT2D eigenvalue weighted by Crippen LogP contribution is -1.94. The molecule has 0 fully saturated rings. The average molecular weight is 174 g/mol. The molecule has 0 saturated heterocycles. The van der Waals surface area contributed by atoms with Crippen LogP contribution in [0.25, 0.3) is 5.69 Å². The van der Waals surface area contributed by atoms with E-state index in [-0.39, 0.29) is 0 Å². The van der Waals surface area contributed by atoms with Crippen LogP contribution in [-0.4, -0.2) is 21.6 Å². The van der Waals surface area contributed by atoms with E-state index in [0.29, 0.717) is 0 Å². The summed E-state index contributed by atoms with van der Waals surface area (Å²) in [7, 11) is 1.85. The van der Waals surface area contributed by atoms with Crippen molar-refractivity contribution in [3.05, 3.63) is 37.1 Å². The molecule has 4 heteroatoms. The van der Waals surface area contributed by atoms with Crippen LogP contribution in [0, 0.1) is 0 Å². The Kier molecular flexibility index (Phi) is 1.96. The minimum Gasteiger partial charge on any atom is -0.373 e. The van der Waals surface area contributed by atoms with Gasteiger partial charge in [-0.1, -0.05) is 0 Å². The first-order chi connectivity index (χ1) is 6.40. The van der Waals surface area contributed by atoms with E-state index >= 15 is 0 Å². The third-order valence-corrected chi connectivity index (χ3v) is 1.81. The van der Waals surface area contributed by atoms with E-state index in [9.17, 15) is 0 Å². The Morgan fingerprint density at radius 2 is 2.31 bits per heavy atom. The van der Waals surface area contributed by atoms with Gasteiger partial charge in [-0.25, -0.2) is 9.97 Å². The van der Waals surface area contributed by atoms with Gasteiger partial charge in [0.2, 0.25) is 0 Å². The maximum Gasteiger partial charge on any atom is 0.125 e. The number of nitrogens with zero attached hydrogens (tertiary/aromatic N) is 3. The zero-order valence-corrected chi connectivity index (χ0v) is 7.31. The molecule has 0 bridgehead atoms. The first-order valence-electron chi connectivity index (χ1n) is 4.02. The molecule has 0 aliphatic carbocycles. The largest absolute Gasteiger partial charge is 0.373 e. The maximum absolute atomic E-state index is 4.19. The molecule has 0 amide bonds. The molecule has 2 aromatic rings. The van der Waals surface area contributed by atoms with Gasteiger partial charge in [-0.05, 0) is 12.1 Å². The number of nitrogens with one attached hydrogen (secondary N) is 1. The normalized spacial score (nSPS) is 9.92. The Morgan fingerprint density at radius 1 is 1.38 bits per heavy atom. The smallest absolute Gasteiger partial charge is 0.125 e. The van der Waals surface area contributed by atoms with E-state index in [4.69, 9.17) is 0 Å². The summed E-state index contributed by atoms with van der Waals surface area (Å²) >= 11 is 0. The molecule has 66 valence electrons. The SMILES string of the molecule is CNc1ccc(-n2ccnc2)cn1. The van der Waals surface area contributed by atoms with Crippen molar-refractivity contribution in [1.82, 2.24) is 14.5 Å². The van der Waals surface area contributed by atoms with Gasteiger partial charge in [0.1, 0.15) is 5.82 Å². The second-order valence-electron chi connectivity index (χ2n) is 2.62. The zero-order valence-electron chi connectivity index (χ0n) is 7.31. The lowest BCUT2D eigenvalue weighted by atomic mass is 10.4. The number of imidazole rings is 1. The van der Waals surface area contributed by atoms with Crippen molar-refractivity contribution in [3.8, 4) is 5.69 Å². The summed E-state index contributed by atoms with van der Waals surface area (Å²) in [5.74, 6) is 0.865. The molecule has 0 spiro atoms. The highest BCUT2D eigenvalue weighted by atomic mass is 15.0. The van der Waals surface area contributed by atoms with Crippen LogP contribution in [0.15, 0.2) is 37.1 Å². The lowest BCUT2D eigenvalue weighted by molar-refractivity contribution is 1.04. The van der Waals surface area contributed by atoms with Gasteiger partial charge in [-0.2, -0.15) is 0 Å². The number of pyridine rings is 1. The third kappa shape index (κ3) is 1.51. The first-order valence-corrected chi connectivity index (χ1v) is 4.02. The molecule has 2 heterocycles. The Morgan fingerprint density at radius 3 is 2.85 bits per heavy atom. The fourth-order valence-electron chi connectivity index (χ4n) is 1.10. The molecule has 0 unspecified atom stereocenters. The fraction of sp³-hybridized carbons (Fsp3) is 0.111. The molecule has 0 aliphatic heterocycles. The summed E-state index contributed by atoms with van der Waals surface area (Å²) in [6.07, 6.45) is 7.17. The van der Waals surface area contributed by atoms with Crippen LogP contribution in [0.5, 0.6) is 0 Å². The van der Waals surface area contributed by atoms with Crippen molar-refractivity contribution in [1.29, 1.82) is 0 Å². The predicted octanol–water partition coefficient (Wildman–Crippen LogP) is 1.31. The summed E-state index contributed by atoms with van der Waals surface area (Å²) in [6.45, 7) is 0. The quantitative estimate of drug-likeness (QED) is 0.746. The van der Waals surface area contributed by atoms with Crippen molar-refractivity contribution in [2.75, 3.05) is 12.4 Å². The maximum atomic E-state index is 4.19. The monoisotopic (exact) mass is 174 g/mol. The third-order valence-electron chi connectivity index (χ3n) is 1.81. The summed E-state index contributed by atoms with van der Waals surface area (Å²) in [4.78, 5) is 8.15. The van der Waals surface area contributed by atoms with Crippen LogP contribution in [0.2, 0.25) is 0 Å². The molecule has 0 aliphatic rings. The molecule has 0 saturated carbocycles. The van der Waals surface area contributed by atoms with Gasteiger partial charge in [0.15, 0.2) is 0 Å². The zero-order chi connectivity index (χ0) is 9.10. The van der Waals surface area contributed by atoms with E-state index in [1.165, 1.54) is 0 Å². The summed E-state index contributed by atoms with van der Waals surface area (Å²) in [5.41, 5.74) is 1.01. The first kappa shape index (κ1) is 7.79. The number of anilines is 1. The van der Waals surface area contributed by atoms with E-state index in [0.717, 1.165) is 11.5 Å². The predicted molar refractivity (Wildman–Crippen MR) is 50.9 cm³/mol. The summed E-state index contributed by atoms with van der Waals surface area (Å²) < 4.78 is 1.91. The summed E-state index contributed by atoms with van der Waals surface area (Å²) in [5, 5.41) is 2.96. The van der Waals surface area contributed by atoms with Crippen molar-refractivity contribution >= 4 is 5.82 Å². The molecule has 2 aromatic heterocycles. The molecular weight excluding hydrogens is 164 g/mol.